The van der Waals surface area contributed by atoms with Crippen molar-refractivity contribution in [2.45, 2.75) is 18.7 Å². The maximum atomic E-state index is 13.1. The van der Waals surface area contributed by atoms with Gasteiger partial charge in [-0.2, -0.15) is 17.5 Å². The minimum Gasteiger partial charge on any atom is -0.374 e. The van der Waals surface area contributed by atoms with Gasteiger partial charge in [0.2, 0.25) is 0 Å². The molecule has 1 aliphatic heterocycles. The van der Waals surface area contributed by atoms with Gasteiger partial charge in [-0.1, -0.05) is 6.92 Å². The highest BCUT2D eigenvalue weighted by atomic mass is 32.1. The van der Waals surface area contributed by atoms with Gasteiger partial charge in [0.05, 0.1) is 16.3 Å². The molecule has 0 saturated carbocycles. The number of hydrogen-bond acceptors (Lipinski definition) is 7. The fraction of sp³-hybridized carbons (Fsp3) is 0.278. The molecular formula is C18H14F3N5O4S. The number of hydrogen-bond donors (Lipinski definition) is 3. The summed E-state index contributed by atoms with van der Waals surface area (Å²) in [6.45, 7) is 1.46. The molecule has 13 heteroatoms. The van der Waals surface area contributed by atoms with Gasteiger partial charge < -0.3 is 10.4 Å². The Labute approximate surface area is 175 Å². The third kappa shape index (κ3) is 2.91. The molecule has 3 aromatic rings. The van der Waals surface area contributed by atoms with Crippen LogP contribution in [0.4, 0.5) is 13.2 Å². The quantitative estimate of drug-likeness (QED) is 0.535. The number of nitrogens with zero attached hydrogens (tertiary/aromatic N) is 3. The Kier molecular flexibility index (Phi) is 4.45. The third-order valence-electron chi connectivity index (χ3n) is 5.34. The number of carbonyl (C=O) groups is 1. The summed E-state index contributed by atoms with van der Waals surface area (Å²) in [7, 11) is 0.899. The fourth-order valence-corrected chi connectivity index (χ4v) is 4.33. The summed E-state index contributed by atoms with van der Waals surface area (Å²) in [4.78, 5) is 37.3. The van der Waals surface area contributed by atoms with Crippen LogP contribution in [0.2, 0.25) is 0 Å². The number of aromatic nitrogens is 3. The topological polar surface area (TPSA) is 130 Å². The van der Waals surface area contributed by atoms with Crippen molar-refractivity contribution >= 4 is 33.4 Å². The highest BCUT2D eigenvalue weighted by molar-refractivity contribution is 7.13. The highest BCUT2D eigenvalue weighted by Gasteiger charge is 2.53. The van der Waals surface area contributed by atoms with Crippen molar-refractivity contribution in [1.82, 2.24) is 18.8 Å². The molecule has 0 radical (unpaired) electrons. The maximum Gasteiger partial charge on any atom is 0.431 e. The van der Waals surface area contributed by atoms with Gasteiger partial charge in [0.15, 0.2) is 5.60 Å². The van der Waals surface area contributed by atoms with Crippen LogP contribution in [0.15, 0.2) is 33.9 Å². The normalized spacial score (nSPS) is 21.7. The first kappa shape index (κ1) is 20.9. The Bertz CT molecular complexity index is 1390. The lowest BCUT2D eigenvalue weighted by Gasteiger charge is -2.22. The summed E-state index contributed by atoms with van der Waals surface area (Å²) in [5.74, 6) is -1.97. The molecule has 0 spiro atoms. The predicted molar refractivity (Wildman–Crippen MR) is 104 cm³/mol. The molecule has 2 aromatic heterocycles. The summed E-state index contributed by atoms with van der Waals surface area (Å²) >= 11 is 0.946. The number of nitrogens with one attached hydrogen (secondary N) is 2. The zero-order valence-electron chi connectivity index (χ0n) is 15.9. The van der Waals surface area contributed by atoms with Gasteiger partial charge in [-0.15, -0.1) is 0 Å². The number of benzene rings is 1. The molecule has 4 rings (SSSR count). The van der Waals surface area contributed by atoms with E-state index in [4.69, 9.17) is 5.41 Å². The lowest BCUT2D eigenvalue weighted by Crippen LogP contribution is -2.40. The lowest BCUT2D eigenvalue weighted by molar-refractivity contribution is -0.144. The lowest BCUT2D eigenvalue weighted by atomic mass is 9.86. The SMILES string of the molecule is CC1C(=N)NC(=O)C1(O)c1nsc2ccc(-n3c(=O)cc(C(F)(F)F)n(C)c3=O)cc12. The summed E-state index contributed by atoms with van der Waals surface area (Å²) in [6.07, 6.45) is -4.89. The molecule has 0 aliphatic carbocycles. The van der Waals surface area contributed by atoms with Crippen molar-refractivity contribution in [3.8, 4) is 5.69 Å². The first-order valence-corrected chi connectivity index (χ1v) is 9.57. The minimum absolute atomic E-state index is 0.0574. The molecule has 9 nitrogen and oxygen atoms in total. The van der Waals surface area contributed by atoms with E-state index in [0.717, 1.165) is 18.6 Å². The van der Waals surface area contributed by atoms with Gasteiger partial charge in [0, 0.05) is 18.5 Å². The zero-order chi connectivity index (χ0) is 22.9. The van der Waals surface area contributed by atoms with E-state index in [0.29, 0.717) is 19.9 Å². The van der Waals surface area contributed by atoms with Gasteiger partial charge in [0.25, 0.3) is 11.5 Å². The van der Waals surface area contributed by atoms with Crippen LogP contribution in [-0.2, 0) is 23.6 Å². The largest absolute Gasteiger partial charge is 0.431 e. The van der Waals surface area contributed by atoms with Crippen LogP contribution < -0.4 is 16.6 Å². The van der Waals surface area contributed by atoms with Crippen LogP contribution in [-0.4, -0.2) is 30.4 Å². The molecule has 1 amide bonds. The Morgan fingerprint density at radius 3 is 2.52 bits per heavy atom. The highest BCUT2D eigenvalue weighted by Crippen LogP contribution is 2.39. The molecule has 1 aromatic carbocycles. The van der Waals surface area contributed by atoms with Gasteiger partial charge >= 0.3 is 11.9 Å². The summed E-state index contributed by atoms with van der Waals surface area (Å²) in [5, 5.41) is 21.3. The number of alkyl halides is 3. The second kappa shape index (κ2) is 6.59. The molecule has 3 N–H and O–H groups in total. The average Bonchev–Trinajstić information content (AvgIpc) is 3.19. The average molecular weight is 453 g/mol. The third-order valence-corrected chi connectivity index (χ3v) is 6.16. The summed E-state index contributed by atoms with van der Waals surface area (Å²) in [6, 6.07) is 4.44. The van der Waals surface area contributed by atoms with E-state index >= 15 is 0 Å². The van der Waals surface area contributed by atoms with Crippen molar-refractivity contribution in [3.05, 3.63) is 56.5 Å². The molecule has 31 heavy (non-hydrogen) atoms. The Balaban J connectivity index is 1.95. The zero-order valence-corrected chi connectivity index (χ0v) is 16.8. The molecule has 1 saturated heterocycles. The number of halogens is 3. The van der Waals surface area contributed by atoms with Crippen LogP contribution in [0.5, 0.6) is 0 Å². The standard InChI is InChI=1S/C18H14F3N5O4S/c1-7-14(22)23-15(28)17(7,30)13-9-5-8(3-4-10(9)31-24-13)26-12(27)6-11(18(19,20)21)25(2)16(26)29/h3-7,30H,1-2H3,(H2,22,23,28). The van der Waals surface area contributed by atoms with E-state index in [2.05, 4.69) is 9.69 Å². The molecule has 162 valence electrons. The van der Waals surface area contributed by atoms with Gasteiger partial charge in [-0.25, -0.2) is 9.36 Å². The van der Waals surface area contributed by atoms with E-state index in [1.807, 2.05) is 0 Å². The molecular weight excluding hydrogens is 439 g/mol. The van der Waals surface area contributed by atoms with Crippen molar-refractivity contribution in [2.75, 3.05) is 0 Å². The molecule has 2 unspecified atom stereocenters. The first-order chi connectivity index (χ1) is 14.4. The predicted octanol–water partition coefficient (Wildman–Crippen LogP) is 1.10. The number of amides is 1. The van der Waals surface area contributed by atoms with Crippen molar-refractivity contribution < 1.29 is 23.1 Å². The van der Waals surface area contributed by atoms with Gasteiger partial charge in [-0.05, 0) is 29.7 Å². The maximum absolute atomic E-state index is 13.1. The number of aliphatic hydroxyl groups is 1. The van der Waals surface area contributed by atoms with Crippen LogP contribution in [0.3, 0.4) is 0 Å². The first-order valence-electron chi connectivity index (χ1n) is 8.80. The second-order valence-electron chi connectivity index (χ2n) is 7.11. The number of fused-ring (bicyclic) bond motifs is 1. The second-order valence-corrected chi connectivity index (χ2v) is 7.92. The van der Waals surface area contributed by atoms with E-state index in [1.165, 1.54) is 25.1 Å². The number of rotatable bonds is 2. The molecule has 1 fully saturated rings. The Morgan fingerprint density at radius 1 is 1.26 bits per heavy atom. The Morgan fingerprint density at radius 2 is 1.94 bits per heavy atom. The monoisotopic (exact) mass is 453 g/mol. The van der Waals surface area contributed by atoms with Crippen molar-refractivity contribution in [2.24, 2.45) is 13.0 Å². The molecule has 1 aliphatic rings. The molecule has 2 atom stereocenters. The summed E-state index contributed by atoms with van der Waals surface area (Å²) in [5.41, 5.74) is -6.06. The van der Waals surface area contributed by atoms with Gasteiger partial charge in [0.1, 0.15) is 17.2 Å². The fourth-order valence-electron chi connectivity index (χ4n) is 3.52. The summed E-state index contributed by atoms with van der Waals surface area (Å²) < 4.78 is 44.8. The van der Waals surface area contributed by atoms with Crippen molar-refractivity contribution in [3.63, 3.8) is 0 Å². The molecule has 0 bridgehead atoms. The van der Waals surface area contributed by atoms with Crippen LogP contribution in [0.1, 0.15) is 18.3 Å². The smallest absolute Gasteiger partial charge is 0.374 e. The van der Waals surface area contributed by atoms with Crippen LogP contribution in [0.25, 0.3) is 15.8 Å². The van der Waals surface area contributed by atoms with Crippen LogP contribution in [0, 0.1) is 11.3 Å². The van der Waals surface area contributed by atoms with Crippen molar-refractivity contribution in [1.29, 1.82) is 5.41 Å². The number of amidine groups is 1. The van der Waals surface area contributed by atoms with E-state index in [1.54, 1.807) is 0 Å². The van der Waals surface area contributed by atoms with Gasteiger partial charge in [-0.3, -0.25) is 19.6 Å². The molecule has 3 heterocycles. The van der Waals surface area contributed by atoms with E-state index < -0.39 is 40.5 Å². The van der Waals surface area contributed by atoms with E-state index in [9.17, 15) is 32.7 Å². The number of carbonyl (C=O) groups excluding carboxylic acids is 1. The van der Waals surface area contributed by atoms with E-state index in [-0.39, 0.29) is 22.6 Å². The minimum atomic E-state index is -4.89. The Hall–Kier alpha value is -3.32. The van der Waals surface area contributed by atoms with Crippen LogP contribution >= 0.6 is 11.5 Å².